The summed E-state index contributed by atoms with van der Waals surface area (Å²) >= 11 is 2.01. The van der Waals surface area contributed by atoms with Crippen LogP contribution in [0.5, 0.6) is 0 Å². The maximum absolute atomic E-state index is 12.3. The van der Waals surface area contributed by atoms with Gasteiger partial charge in [0.05, 0.1) is 12.1 Å². The number of ether oxygens (including phenoxy) is 1. The van der Waals surface area contributed by atoms with Crippen LogP contribution in [0.1, 0.15) is 46.0 Å². The van der Waals surface area contributed by atoms with E-state index in [0.29, 0.717) is 18.4 Å². The van der Waals surface area contributed by atoms with Gasteiger partial charge in [-0.3, -0.25) is 4.79 Å². The van der Waals surface area contributed by atoms with Gasteiger partial charge in [-0.05, 0) is 50.5 Å². The van der Waals surface area contributed by atoms with Crippen molar-refractivity contribution in [2.45, 2.75) is 57.6 Å². The summed E-state index contributed by atoms with van der Waals surface area (Å²) in [4.78, 5) is 12.3. The standard InChI is InChI=1S/C15H27NO2S/c1-3-12(2)16-11-14(17)13-4-7-18-15(10-13)5-8-19-9-6-15/h12-13,16H,3-11H2,1-2H3. The molecule has 2 fully saturated rings. The number of nitrogens with one attached hydrogen (secondary N) is 1. The van der Waals surface area contributed by atoms with E-state index >= 15 is 0 Å². The van der Waals surface area contributed by atoms with Crippen molar-refractivity contribution in [3.63, 3.8) is 0 Å². The molecule has 1 spiro atoms. The van der Waals surface area contributed by atoms with Gasteiger partial charge in [0.1, 0.15) is 5.78 Å². The van der Waals surface area contributed by atoms with Gasteiger partial charge in [-0.25, -0.2) is 0 Å². The van der Waals surface area contributed by atoms with Crippen LogP contribution in [0, 0.1) is 5.92 Å². The Morgan fingerprint density at radius 3 is 2.89 bits per heavy atom. The van der Waals surface area contributed by atoms with Crippen LogP contribution in [-0.2, 0) is 9.53 Å². The lowest BCUT2D eigenvalue weighted by atomic mass is 9.80. The van der Waals surface area contributed by atoms with Crippen molar-refractivity contribution in [1.82, 2.24) is 5.32 Å². The smallest absolute Gasteiger partial charge is 0.149 e. The second-order valence-electron chi connectivity index (χ2n) is 5.99. The second-order valence-corrected chi connectivity index (χ2v) is 7.21. The first-order valence-electron chi connectivity index (χ1n) is 7.63. The molecule has 19 heavy (non-hydrogen) atoms. The molecule has 2 aliphatic rings. The second kappa shape index (κ2) is 7.09. The van der Waals surface area contributed by atoms with E-state index in [1.807, 2.05) is 11.8 Å². The topological polar surface area (TPSA) is 38.3 Å². The van der Waals surface area contributed by atoms with Crippen molar-refractivity contribution >= 4 is 17.5 Å². The van der Waals surface area contributed by atoms with Crippen LogP contribution in [0.15, 0.2) is 0 Å². The molecule has 2 rings (SSSR count). The van der Waals surface area contributed by atoms with E-state index < -0.39 is 0 Å². The van der Waals surface area contributed by atoms with Gasteiger partial charge in [-0.2, -0.15) is 11.8 Å². The van der Waals surface area contributed by atoms with Gasteiger partial charge >= 0.3 is 0 Å². The van der Waals surface area contributed by atoms with Crippen molar-refractivity contribution in [1.29, 1.82) is 0 Å². The number of ketones is 1. The van der Waals surface area contributed by atoms with Crippen LogP contribution in [0.2, 0.25) is 0 Å². The third kappa shape index (κ3) is 4.20. The van der Waals surface area contributed by atoms with E-state index in [4.69, 9.17) is 4.74 Å². The van der Waals surface area contributed by atoms with Crippen LogP contribution in [0.4, 0.5) is 0 Å². The molecule has 0 aliphatic carbocycles. The van der Waals surface area contributed by atoms with E-state index in [2.05, 4.69) is 19.2 Å². The quantitative estimate of drug-likeness (QED) is 0.843. The largest absolute Gasteiger partial charge is 0.375 e. The minimum Gasteiger partial charge on any atom is -0.375 e. The predicted octanol–water partition coefficient (Wildman–Crippen LogP) is 2.64. The Balaban J connectivity index is 1.84. The van der Waals surface area contributed by atoms with Crippen molar-refractivity contribution in [3.05, 3.63) is 0 Å². The van der Waals surface area contributed by atoms with E-state index in [0.717, 1.165) is 38.7 Å². The summed E-state index contributed by atoms with van der Waals surface area (Å²) in [5, 5.41) is 3.33. The number of Topliss-reactive ketones (excluding diaryl/α,β-unsaturated/α-hetero) is 1. The average Bonchev–Trinajstić information content (AvgIpc) is 2.45. The van der Waals surface area contributed by atoms with E-state index in [1.54, 1.807) is 0 Å². The molecule has 0 amide bonds. The number of carbonyl (C=O) groups is 1. The van der Waals surface area contributed by atoms with Crippen molar-refractivity contribution in [2.24, 2.45) is 5.92 Å². The highest BCUT2D eigenvalue weighted by Crippen LogP contribution is 2.39. The molecule has 2 aliphatic heterocycles. The molecule has 2 heterocycles. The van der Waals surface area contributed by atoms with Crippen LogP contribution in [0.3, 0.4) is 0 Å². The normalized spacial score (nSPS) is 28.2. The van der Waals surface area contributed by atoms with Gasteiger partial charge in [-0.15, -0.1) is 0 Å². The van der Waals surface area contributed by atoms with Gasteiger partial charge < -0.3 is 10.1 Å². The first-order valence-corrected chi connectivity index (χ1v) is 8.78. The van der Waals surface area contributed by atoms with Crippen molar-refractivity contribution in [3.8, 4) is 0 Å². The number of carbonyl (C=O) groups excluding carboxylic acids is 1. The zero-order valence-corrected chi connectivity index (χ0v) is 13.1. The summed E-state index contributed by atoms with van der Waals surface area (Å²) in [6.45, 7) is 5.58. The number of thioether (sulfide) groups is 1. The van der Waals surface area contributed by atoms with Gasteiger partial charge in [-0.1, -0.05) is 6.92 Å². The minimum atomic E-state index is 0.0280. The molecular weight excluding hydrogens is 258 g/mol. The fourth-order valence-electron chi connectivity index (χ4n) is 2.96. The van der Waals surface area contributed by atoms with Crippen LogP contribution in [0.25, 0.3) is 0 Å². The molecule has 0 saturated carbocycles. The molecular formula is C15H27NO2S. The Morgan fingerprint density at radius 1 is 1.47 bits per heavy atom. The number of rotatable bonds is 5. The summed E-state index contributed by atoms with van der Waals surface area (Å²) in [6, 6.07) is 0.434. The van der Waals surface area contributed by atoms with Crippen LogP contribution in [-0.4, -0.2) is 42.1 Å². The molecule has 2 unspecified atom stereocenters. The highest BCUT2D eigenvalue weighted by Gasteiger charge is 2.40. The fraction of sp³-hybridized carbons (Fsp3) is 0.933. The molecule has 3 nitrogen and oxygen atoms in total. The predicted molar refractivity (Wildman–Crippen MR) is 80.7 cm³/mol. The molecule has 2 atom stereocenters. The molecule has 0 radical (unpaired) electrons. The lowest BCUT2D eigenvalue weighted by molar-refractivity contribution is -0.137. The molecule has 110 valence electrons. The third-order valence-electron chi connectivity index (χ3n) is 4.59. The molecule has 0 aromatic carbocycles. The number of hydrogen-bond acceptors (Lipinski definition) is 4. The monoisotopic (exact) mass is 285 g/mol. The maximum Gasteiger partial charge on any atom is 0.149 e. The zero-order chi connectivity index (χ0) is 13.7. The highest BCUT2D eigenvalue weighted by atomic mass is 32.2. The lowest BCUT2D eigenvalue weighted by Gasteiger charge is -2.43. The van der Waals surface area contributed by atoms with Gasteiger partial charge in [0.2, 0.25) is 0 Å². The third-order valence-corrected chi connectivity index (χ3v) is 5.58. The molecule has 4 heteroatoms. The van der Waals surface area contributed by atoms with Gasteiger partial charge in [0.25, 0.3) is 0 Å². The first kappa shape index (κ1) is 15.3. The van der Waals surface area contributed by atoms with Crippen LogP contribution < -0.4 is 5.32 Å². The highest BCUT2D eigenvalue weighted by molar-refractivity contribution is 7.99. The average molecular weight is 285 g/mol. The van der Waals surface area contributed by atoms with E-state index in [-0.39, 0.29) is 11.5 Å². The van der Waals surface area contributed by atoms with Gasteiger partial charge in [0, 0.05) is 18.6 Å². The SMILES string of the molecule is CCC(C)NCC(=O)C1CCOC2(CCSCC2)C1. The molecule has 1 N–H and O–H groups in total. The van der Waals surface area contributed by atoms with Crippen molar-refractivity contribution < 1.29 is 9.53 Å². The van der Waals surface area contributed by atoms with Crippen molar-refractivity contribution in [2.75, 3.05) is 24.7 Å². The fourth-order valence-corrected chi connectivity index (χ4v) is 4.19. The molecule has 0 bridgehead atoms. The molecule has 2 saturated heterocycles. The minimum absolute atomic E-state index is 0.0280. The Bertz CT molecular complexity index is 297. The first-order chi connectivity index (χ1) is 9.15. The lowest BCUT2D eigenvalue weighted by Crippen LogP contribution is -2.46. The Labute approximate surface area is 121 Å². The maximum atomic E-state index is 12.3. The van der Waals surface area contributed by atoms with E-state index in [9.17, 15) is 4.79 Å². The Hall–Kier alpha value is -0.0600. The molecule has 0 aromatic rings. The Kier molecular flexibility index (Phi) is 5.72. The summed E-state index contributed by atoms with van der Waals surface area (Å²) in [7, 11) is 0. The summed E-state index contributed by atoms with van der Waals surface area (Å²) in [5.74, 6) is 2.98. The molecule has 0 aromatic heterocycles. The van der Waals surface area contributed by atoms with Crippen LogP contribution >= 0.6 is 11.8 Å². The zero-order valence-electron chi connectivity index (χ0n) is 12.2. The summed E-state index contributed by atoms with van der Waals surface area (Å²) in [5.41, 5.74) is 0.0280. The summed E-state index contributed by atoms with van der Waals surface area (Å²) < 4.78 is 6.05. The van der Waals surface area contributed by atoms with E-state index in [1.165, 1.54) is 11.5 Å². The van der Waals surface area contributed by atoms with Gasteiger partial charge in [0.15, 0.2) is 0 Å². The number of hydrogen-bond donors (Lipinski definition) is 1. The summed E-state index contributed by atoms with van der Waals surface area (Å²) in [6.07, 6.45) is 5.19. The Morgan fingerprint density at radius 2 is 2.21 bits per heavy atom.